The number of rotatable bonds is 3. The van der Waals surface area contributed by atoms with Crippen molar-refractivity contribution in [3.05, 3.63) is 22.5 Å². The Kier molecular flexibility index (Phi) is 2.99. The predicted octanol–water partition coefficient (Wildman–Crippen LogP) is -1.88. The van der Waals surface area contributed by atoms with Gasteiger partial charge in [-0.05, 0) is 6.92 Å². The average Bonchev–Trinajstić information content (AvgIpc) is 2.82. The van der Waals surface area contributed by atoms with Gasteiger partial charge in [-0.2, -0.15) is 4.68 Å². The van der Waals surface area contributed by atoms with E-state index in [-0.39, 0.29) is 11.3 Å². The van der Waals surface area contributed by atoms with Gasteiger partial charge in [-0.25, -0.2) is 19.0 Å². The highest BCUT2D eigenvalue weighted by Gasteiger charge is 2.21. The Labute approximate surface area is 105 Å². The minimum absolute atomic E-state index is 0.0641. The number of methoxy groups -OCH3 is 1. The molecule has 0 saturated carbocycles. The first-order valence-electron chi connectivity index (χ1n) is 5.17. The second-order valence-corrected chi connectivity index (χ2v) is 3.67. The van der Waals surface area contributed by atoms with Crippen molar-refractivity contribution in [2.24, 2.45) is 5.73 Å². The molecule has 1 atom stereocenters. The molecule has 100 valence electrons. The zero-order chi connectivity index (χ0) is 14.2. The van der Waals surface area contributed by atoms with E-state index in [1.54, 1.807) is 0 Å². The van der Waals surface area contributed by atoms with Crippen molar-refractivity contribution in [3.8, 4) is 0 Å². The lowest BCUT2D eigenvalue weighted by Crippen LogP contribution is -2.35. The van der Waals surface area contributed by atoms with Crippen LogP contribution < -0.4 is 11.4 Å². The van der Waals surface area contributed by atoms with Crippen LogP contribution >= 0.6 is 0 Å². The molecule has 2 rings (SSSR count). The molecule has 2 aromatic rings. The maximum Gasteiger partial charge on any atom is 0.353 e. The van der Waals surface area contributed by atoms with Crippen molar-refractivity contribution in [1.82, 2.24) is 24.4 Å². The van der Waals surface area contributed by atoms with Gasteiger partial charge in [0, 0.05) is 0 Å². The van der Waals surface area contributed by atoms with E-state index in [4.69, 9.17) is 5.73 Å². The molecule has 10 heteroatoms. The number of esters is 1. The molecule has 2 heterocycles. The van der Waals surface area contributed by atoms with E-state index in [0.717, 1.165) is 15.4 Å². The Bertz CT molecular complexity index is 717. The van der Waals surface area contributed by atoms with Crippen molar-refractivity contribution in [3.63, 3.8) is 0 Å². The highest BCUT2D eigenvalue weighted by atomic mass is 16.5. The number of amides is 1. The van der Waals surface area contributed by atoms with Gasteiger partial charge in [-0.15, -0.1) is 5.10 Å². The standard InChI is InChI=1S/C9H10N6O4/c1-4(8(17)19-2)15-9(18)14-3-11-5(6(10)16)7(14)12-13-15/h3-4H,1-2H3,(H2,10,16)/t4-/m1/s1. The van der Waals surface area contributed by atoms with Crippen LogP contribution in [0.25, 0.3) is 5.65 Å². The summed E-state index contributed by atoms with van der Waals surface area (Å²) in [5.41, 5.74) is 4.17. The fraction of sp³-hybridized carbons (Fsp3) is 0.333. The lowest BCUT2D eigenvalue weighted by molar-refractivity contribution is -0.144. The second-order valence-electron chi connectivity index (χ2n) is 3.67. The summed E-state index contributed by atoms with van der Waals surface area (Å²) in [5, 5.41) is 7.24. The molecular weight excluding hydrogens is 256 g/mol. The van der Waals surface area contributed by atoms with Crippen molar-refractivity contribution < 1.29 is 14.3 Å². The highest BCUT2D eigenvalue weighted by molar-refractivity contribution is 5.96. The lowest BCUT2D eigenvalue weighted by atomic mass is 10.3. The van der Waals surface area contributed by atoms with Gasteiger partial charge < -0.3 is 10.5 Å². The van der Waals surface area contributed by atoms with Gasteiger partial charge in [-0.3, -0.25) is 4.79 Å². The second kappa shape index (κ2) is 4.48. The summed E-state index contributed by atoms with van der Waals surface area (Å²) in [6.45, 7) is 1.43. The number of ether oxygens (including phenoxy) is 1. The first-order valence-corrected chi connectivity index (χ1v) is 5.17. The minimum Gasteiger partial charge on any atom is -0.467 e. The summed E-state index contributed by atoms with van der Waals surface area (Å²) < 4.78 is 6.31. The third-order valence-electron chi connectivity index (χ3n) is 2.52. The molecule has 0 aliphatic carbocycles. The smallest absolute Gasteiger partial charge is 0.353 e. The third kappa shape index (κ3) is 1.92. The van der Waals surface area contributed by atoms with Gasteiger partial charge in [0.2, 0.25) is 0 Å². The number of aromatic nitrogens is 5. The van der Waals surface area contributed by atoms with Crippen molar-refractivity contribution in [2.75, 3.05) is 7.11 Å². The molecule has 0 bridgehead atoms. The molecule has 0 unspecified atom stereocenters. The number of primary amides is 1. The van der Waals surface area contributed by atoms with Gasteiger partial charge in [0.05, 0.1) is 7.11 Å². The summed E-state index contributed by atoms with van der Waals surface area (Å²) in [7, 11) is 1.19. The number of carbonyl (C=O) groups is 2. The van der Waals surface area contributed by atoms with Gasteiger partial charge in [-0.1, -0.05) is 5.21 Å². The number of carbonyl (C=O) groups excluding carboxylic acids is 2. The van der Waals surface area contributed by atoms with Crippen LogP contribution in [0, 0.1) is 0 Å². The van der Waals surface area contributed by atoms with Crippen molar-refractivity contribution in [1.29, 1.82) is 0 Å². The summed E-state index contributed by atoms with van der Waals surface area (Å²) >= 11 is 0. The van der Waals surface area contributed by atoms with Crippen molar-refractivity contribution >= 4 is 17.5 Å². The van der Waals surface area contributed by atoms with Gasteiger partial charge in [0.1, 0.15) is 6.33 Å². The van der Waals surface area contributed by atoms with Crippen LogP contribution in [-0.2, 0) is 9.53 Å². The van der Waals surface area contributed by atoms with Gasteiger partial charge in [0.15, 0.2) is 17.4 Å². The van der Waals surface area contributed by atoms with Crippen LogP contribution in [-0.4, -0.2) is 43.4 Å². The summed E-state index contributed by atoms with van der Waals surface area (Å²) in [6, 6.07) is -0.950. The average molecular weight is 266 g/mol. The Hall–Kier alpha value is -2.78. The topological polar surface area (TPSA) is 134 Å². The lowest BCUT2D eigenvalue weighted by Gasteiger charge is -2.09. The monoisotopic (exact) mass is 266 g/mol. The van der Waals surface area contributed by atoms with E-state index < -0.39 is 23.6 Å². The molecule has 0 radical (unpaired) electrons. The van der Waals surface area contributed by atoms with Crippen LogP contribution in [0.5, 0.6) is 0 Å². The number of hydrogen-bond acceptors (Lipinski definition) is 7. The van der Waals surface area contributed by atoms with Crippen LogP contribution in [0.2, 0.25) is 0 Å². The Balaban J connectivity index is 2.63. The summed E-state index contributed by atoms with van der Waals surface area (Å²) in [6.07, 6.45) is 1.09. The fourth-order valence-corrected chi connectivity index (χ4v) is 1.50. The Morgan fingerprint density at radius 2 is 2.16 bits per heavy atom. The molecule has 0 aliphatic rings. The van der Waals surface area contributed by atoms with E-state index in [0.29, 0.717) is 0 Å². The van der Waals surface area contributed by atoms with Crippen LogP contribution in [0.4, 0.5) is 0 Å². The molecular formula is C9H10N6O4. The normalized spacial score (nSPS) is 12.3. The van der Waals surface area contributed by atoms with Crippen LogP contribution in [0.3, 0.4) is 0 Å². The molecule has 1 amide bonds. The van der Waals surface area contributed by atoms with Gasteiger partial charge in [0.25, 0.3) is 5.91 Å². The molecule has 2 aromatic heterocycles. The van der Waals surface area contributed by atoms with Crippen LogP contribution in [0.1, 0.15) is 23.5 Å². The quantitative estimate of drug-likeness (QED) is 0.642. The van der Waals surface area contributed by atoms with Gasteiger partial charge >= 0.3 is 11.7 Å². The van der Waals surface area contributed by atoms with E-state index in [1.807, 2.05) is 0 Å². The Morgan fingerprint density at radius 3 is 2.74 bits per heavy atom. The molecule has 0 fully saturated rings. The number of fused-ring (bicyclic) bond motifs is 1. The van der Waals surface area contributed by atoms with E-state index in [1.165, 1.54) is 14.0 Å². The van der Waals surface area contributed by atoms with E-state index in [9.17, 15) is 14.4 Å². The number of nitrogens with zero attached hydrogens (tertiary/aromatic N) is 5. The Morgan fingerprint density at radius 1 is 1.47 bits per heavy atom. The minimum atomic E-state index is -0.950. The number of nitrogens with two attached hydrogens (primary N) is 1. The summed E-state index contributed by atoms with van der Waals surface area (Å²) in [5.74, 6) is -1.47. The maximum atomic E-state index is 12.0. The fourth-order valence-electron chi connectivity index (χ4n) is 1.50. The zero-order valence-corrected chi connectivity index (χ0v) is 10.1. The third-order valence-corrected chi connectivity index (χ3v) is 2.52. The highest BCUT2D eigenvalue weighted by Crippen LogP contribution is 2.04. The largest absolute Gasteiger partial charge is 0.467 e. The molecule has 19 heavy (non-hydrogen) atoms. The molecule has 0 spiro atoms. The van der Waals surface area contributed by atoms with Crippen LogP contribution in [0.15, 0.2) is 11.1 Å². The number of imidazole rings is 1. The van der Waals surface area contributed by atoms with E-state index in [2.05, 4.69) is 20.0 Å². The first-order chi connectivity index (χ1) is 8.97. The maximum absolute atomic E-state index is 12.0. The SMILES string of the molecule is COC(=O)[C@@H](C)n1nnc2c(C(N)=O)ncn2c1=O. The molecule has 10 nitrogen and oxygen atoms in total. The zero-order valence-electron chi connectivity index (χ0n) is 10.1. The molecule has 2 N–H and O–H groups in total. The number of hydrogen-bond donors (Lipinski definition) is 1. The van der Waals surface area contributed by atoms with E-state index >= 15 is 0 Å². The predicted molar refractivity (Wildman–Crippen MR) is 60.3 cm³/mol. The van der Waals surface area contributed by atoms with Crippen molar-refractivity contribution in [2.45, 2.75) is 13.0 Å². The molecule has 0 aliphatic heterocycles. The molecule has 0 saturated heterocycles. The first kappa shape index (κ1) is 12.7. The summed E-state index contributed by atoms with van der Waals surface area (Å²) in [4.78, 5) is 38.1. The molecule has 0 aromatic carbocycles.